The van der Waals surface area contributed by atoms with Gasteiger partial charge < -0.3 is 9.30 Å². The summed E-state index contributed by atoms with van der Waals surface area (Å²) in [5.41, 5.74) is 1.55. The van der Waals surface area contributed by atoms with Crippen molar-refractivity contribution in [3.8, 4) is 5.88 Å². The Morgan fingerprint density at radius 3 is 3.00 bits per heavy atom. The van der Waals surface area contributed by atoms with Gasteiger partial charge in [-0.1, -0.05) is 13.3 Å². The molecule has 0 saturated heterocycles. The summed E-state index contributed by atoms with van der Waals surface area (Å²) in [6.07, 6.45) is 5.17. The van der Waals surface area contributed by atoms with Gasteiger partial charge in [0.2, 0.25) is 5.88 Å². The van der Waals surface area contributed by atoms with Gasteiger partial charge in [0.1, 0.15) is 12.2 Å². The van der Waals surface area contributed by atoms with Gasteiger partial charge in [-0.25, -0.2) is 9.97 Å². The lowest BCUT2D eigenvalue weighted by Crippen LogP contribution is -2.02. The number of hydrogen-bond donors (Lipinski definition) is 0. The molecule has 1 fully saturated rings. The molecular weight excluding hydrogens is 264 g/mol. The fourth-order valence-corrected chi connectivity index (χ4v) is 2.94. The molecule has 1 saturated carbocycles. The molecule has 0 amide bonds. The summed E-state index contributed by atoms with van der Waals surface area (Å²) >= 11 is 6.02. The number of rotatable bonds is 5. The molecule has 2 unspecified atom stereocenters. The Kier molecular flexibility index (Phi) is 3.31. The van der Waals surface area contributed by atoms with Crippen LogP contribution in [-0.4, -0.2) is 26.6 Å². The van der Waals surface area contributed by atoms with Crippen molar-refractivity contribution in [3.63, 3.8) is 0 Å². The summed E-state index contributed by atoms with van der Waals surface area (Å²) in [6.45, 7) is 2.22. The molecule has 5 nitrogen and oxygen atoms in total. The molecule has 0 bridgehead atoms. The number of methoxy groups -OCH3 is 1. The quantitative estimate of drug-likeness (QED) is 0.790. The monoisotopic (exact) mass is 280 g/mol. The molecule has 102 valence electrons. The average molecular weight is 281 g/mol. The van der Waals surface area contributed by atoms with Crippen molar-refractivity contribution < 1.29 is 4.74 Å². The maximum atomic E-state index is 6.02. The van der Waals surface area contributed by atoms with E-state index in [9.17, 15) is 0 Å². The lowest BCUT2D eigenvalue weighted by molar-refractivity contribution is 0.401. The minimum atomic E-state index is 0.384. The van der Waals surface area contributed by atoms with Crippen LogP contribution >= 0.6 is 11.6 Å². The van der Waals surface area contributed by atoms with Crippen LogP contribution in [0.4, 0.5) is 0 Å². The van der Waals surface area contributed by atoms with Crippen LogP contribution in [0.1, 0.15) is 38.1 Å². The Morgan fingerprint density at radius 2 is 2.32 bits per heavy atom. The molecule has 0 spiro atoms. The second-order valence-corrected chi connectivity index (χ2v) is 5.21. The zero-order valence-electron chi connectivity index (χ0n) is 11.1. The molecule has 2 heterocycles. The second kappa shape index (κ2) is 4.96. The number of aromatic nitrogens is 4. The van der Waals surface area contributed by atoms with Gasteiger partial charge in [0.15, 0.2) is 11.2 Å². The summed E-state index contributed by atoms with van der Waals surface area (Å²) in [4.78, 5) is 13.0. The van der Waals surface area contributed by atoms with Crippen LogP contribution in [0.25, 0.3) is 11.2 Å². The summed E-state index contributed by atoms with van der Waals surface area (Å²) < 4.78 is 7.42. The highest BCUT2D eigenvalue weighted by Crippen LogP contribution is 2.48. The third kappa shape index (κ3) is 2.06. The van der Waals surface area contributed by atoms with Crippen molar-refractivity contribution in [3.05, 3.63) is 12.2 Å². The third-order valence-electron chi connectivity index (χ3n) is 3.71. The van der Waals surface area contributed by atoms with E-state index in [4.69, 9.17) is 16.3 Å². The summed E-state index contributed by atoms with van der Waals surface area (Å²) in [6, 6.07) is 0.485. The SMILES string of the molecule is CCCC1CC1n1c(CCl)nc2c(OC)ncnc21. The second-order valence-electron chi connectivity index (χ2n) is 4.94. The van der Waals surface area contributed by atoms with Crippen LogP contribution < -0.4 is 4.74 Å². The van der Waals surface area contributed by atoms with Crippen molar-refractivity contribution in [2.75, 3.05) is 7.11 Å². The molecule has 19 heavy (non-hydrogen) atoms. The van der Waals surface area contributed by atoms with Gasteiger partial charge >= 0.3 is 0 Å². The van der Waals surface area contributed by atoms with Crippen molar-refractivity contribution in [2.45, 2.75) is 38.1 Å². The fourth-order valence-electron chi connectivity index (χ4n) is 2.75. The van der Waals surface area contributed by atoms with E-state index in [2.05, 4.69) is 26.4 Å². The summed E-state index contributed by atoms with van der Waals surface area (Å²) in [5, 5.41) is 0. The molecule has 1 aliphatic rings. The maximum Gasteiger partial charge on any atom is 0.245 e. The van der Waals surface area contributed by atoms with Gasteiger partial charge in [-0.05, 0) is 18.8 Å². The summed E-state index contributed by atoms with van der Waals surface area (Å²) in [5.74, 6) is 2.49. The maximum absolute atomic E-state index is 6.02. The topological polar surface area (TPSA) is 52.8 Å². The van der Waals surface area contributed by atoms with Crippen LogP contribution in [0.15, 0.2) is 6.33 Å². The van der Waals surface area contributed by atoms with E-state index in [-0.39, 0.29) is 0 Å². The lowest BCUT2D eigenvalue weighted by Gasteiger charge is -2.06. The van der Waals surface area contributed by atoms with Crippen molar-refractivity contribution in [1.29, 1.82) is 0 Å². The fraction of sp³-hybridized carbons (Fsp3) is 0.615. The van der Waals surface area contributed by atoms with E-state index in [1.807, 2.05) is 0 Å². The highest BCUT2D eigenvalue weighted by atomic mass is 35.5. The lowest BCUT2D eigenvalue weighted by atomic mass is 10.2. The Balaban J connectivity index is 2.07. The Labute approximate surface area is 117 Å². The zero-order chi connectivity index (χ0) is 13.4. The van der Waals surface area contributed by atoms with Gasteiger partial charge in [-0.15, -0.1) is 11.6 Å². The van der Waals surface area contributed by atoms with Gasteiger partial charge in [-0.2, -0.15) is 4.98 Å². The molecule has 1 aliphatic carbocycles. The number of nitrogens with zero attached hydrogens (tertiary/aromatic N) is 4. The Morgan fingerprint density at radius 1 is 1.47 bits per heavy atom. The predicted octanol–water partition coefficient (Wildman–Crippen LogP) is 2.93. The zero-order valence-corrected chi connectivity index (χ0v) is 11.9. The van der Waals surface area contributed by atoms with Gasteiger partial charge in [0.25, 0.3) is 0 Å². The van der Waals surface area contributed by atoms with Crippen molar-refractivity contribution in [1.82, 2.24) is 19.5 Å². The summed E-state index contributed by atoms with van der Waals surface area (Å²) in [7, 11) is 1.60. The standard InChI is InChI=1S/C13H17ClN4O/c1-3-4-8-5-9(8)18-10(6-14)17-11-12(18)15-7-16-13(11)19-2/h7-9H,3-6H2,1-2H3. The first-order valence-electron chi connectivity index (χ1n) is 6.61. The molecular formula is C13H17ClN4O. The molecule has 2 aromatic rings. The molecule has 3 rings (SSSR count). The van der Waals surface area contributed by atoms with Gasteiger partial charge in [-0.3, -0.25) is 0 Å². The number of ether oxygens (including phenoxy) is 1. The van der Waals surface area contributed by atoms with Gasteiger partial charge in [0.05, 0.1) is 13.0 Å². The molecule has 0 radical (unpaired) electrons. The van der Waals surface area contributed by atoms with Crippen LogP contribution in [0.2, 0.25) is 0 Å². The van der Waals surface area contributed by atoms with E-state index in [1.165, 1.54) is 25.6 Å². The highest BCUT2D eigenvalue weighted by Gasteiger charge is 2.40. The van der Waals surface area contributed by atoms with Crippen LogP contribution in [-0.2, 0) is 5.88 Å². The predicted molar refractivity (Wildman–Crippen MR) is 73.5 cm³/mol. The number of halogens is 1. The highest BCUT2D eigenvalue weighted by molar-refractivity contribution is 6.16. The van der Waals surface area contributed by atoms with E-state index >= 15 is 0 Å². The third-order valence-corrected chi connectivity index (χ3v) is 3.94. The number of hydrogen-bond acceptors (Lipinski definition) is 4. The Hall–Kier alpha value is -1.36. The molecule has 0 aliphatic heterocycles. The van der Waals surface area contributed by atoms with Crippen LogP contribution in [0.5, 0.6) is 5.88 Å². The molecule has 0 N–H and O–H groups in total. The minimum absolute atomic E-state index is 0.384. The van der Waals surface area contributed by atoms with E-state index in [1.54, 1.807) is 7.11 Å². The Bertz CT molecular complexity index is 598. The normalized spacial score (nSPS) is 21.8. The van der Waals surface area contributed by atoms with Gasteiger partial charge in [0, 0.05) is 6.04 Å². The first kappa shape index (κ1) is 12.7. The molecule has 0 aromatic carbocycles. The first-order chi connectivity index (χ1) is 9.30. The number of alkyl halides is 1. The molecule has 6 heteroatoms. The average Bonchev–Trinajstić information content (AvgIpc) is 3.08. The van der Waals surface area contributed by atoms with Crippen molar-refractivity contribution in [2.24, 2.45) is 5.92 Å². The molecule has 2 aromatic heterocycles. The smallest absolute Gasteiger partial charge is 0.245 e. The van der Waals surface area contributed by atoms with E-state index in [0.29, 0.717) is 23.3 Å². The van der Waals surface area contributed by atoms with Crippen LogP contribution in [0, 0.1) is 5.92 Å². The molecule has 2 atom stereocenters. The number of fused-ring (bicyclic) bond motifs is 1. The number of imidazole rings is 1. The first-order valence-corrected chi connectivity index (χ1v) is 7.15. The largest absolute Gasteiger partial charge is 0.479 e. The van der Waals surface area contributed by atoms with E-state index < -0.39 is 0 Å². The minimum Gasteiger partial charge on any atom is -0.479 e. The van der Waals surface area contributed by atoms with E-state index in [0.717, 1.165) is 17.4 Å². The van der Waals surface area contributed by atoms with Crippen molar-refractivity contribution >= 4 is 22.8 Å². The van der Waals surface area contributed by atoms with Crippen LogP contribution in [0.3, 0.4) is 0 Å².